The van der Waals surface area contributed by atoms with Crippen molar-refractivity contribution in [2.75, 3.05) is 33.7 Å². The summed E-state index contributed by atoms with van der Waals surface area (Å²) in [4.78, 5) is 4.65. The summed E-state index contributed by atoms with van der Waals surface area (Å²) in [6.45, 7) is 2.70. The second-order valence-corrected chi connectivity index (χ2v) is 6.50. The summed E-state index contributed by atoms with van der Waals surface area (Å²) in [6, 6.07) is 5.84. The van der Waals surface area contributed by atoms with Crippen molar-refractivity contribution in [1.82, 2.24) is 9.80 Å². The van der Waals surface area contributed by atoms with Crippen molar-refractivity contribution in [1.29, 1.82) is 0 Å². The zero-order valence-corrected chi connectivity index (χ0v) is 13.7. The average Bonchev–Trinajstić information content (AvgIpc) is 2.43. The molecule has 2 rings (SSSR count). The number of nitrogens with two attached hydrogens (primary N) is 1. The van der Waals surface area contributed by atoms with E-state index in [1.807, 2.05) is 6.07 Å². The maximum Gasteiger partial charge on any atom is 0.137 e. The van der Waals surface area contributed by atoms with Gasteiger partial charge >= 0.3 is 0 Å². The van der Waals surface area contributed by atoms with E-state index in [1.54, 1.807) is 12.1 Å². The van der Waals surface area contributed by atoms with E-state index in [9.17, 15) is 4.39 Å². The van der Waals surface area contributed by atoms with Gasteiger partial charge in [0, 0.05) is 25.2 Å². The van der Waals surface area contributed by atoms with Crippen LogP contribution in [0.1, 0.15) is 24.4 Å². The van der Waals surface area contributed by atoms with Crippen molar-refractivity contribution in [2.24, 2.45) is 5.73 Å². The normalized spacial score (nSPS) is 22.2. The molecule has 0 amide bonds. The van der Waals surface area contributed by atoms with E-state index in [-0.39, 0.29) is 11.9 Å². The van der Waals surface area contributed by atoms with Gasteiger partial charge in [-0.2, -0.15) is 0 Å². The van der Waals surface area contributed by atoms with Crippen molar-refractivity contribution in [3.05, 3.63) is 34.1 Å². The van der Waals surface area contributed by atoms with Gasteiger partial charge in [-0.05, 0) is 67.1 Å². The molecule has 0 spiro atoms. The predicted octanol–water partition coefficient (Wildman–Crippen LogP) is 2.61. The van der Waals surface area contributed by atoms with Crippen LogP contribution in [0.25, 0.3) is 0 Å². The van der Waals surface area contributed by atoms with Gasteiger partial charge in [-0.1, -0.05) is 6.07 Å². The molecule has 2 unspecified atom stereocenters. The minimum absolute atomic E-state index is 0.0640. The van der Waals surface area contributed by atoms with Crippen LogP contribution in [0.4, 0.5) is 4.39 Å². The number of halogens is 2. The lowest BCUT2D eigenvalue weighted by atomic mass is 9.99. The highest BCUT2D eigenvalue weighted by atomic mass is 79.9. The van der Waals surface area contributed by atoms with Crippen molar-refractivity contribution in [3.8, 4) is 0 Å². The van der Waals surface area contributed by atoms with Crippen molar-refractivity contribution >= 4 is 15.9 Å². The van der Waals surface area contributed by atoms with E-state index < -0.39 is 0 Å². The number of likely N-dealkylation sites (tertiary alicyclic amines) is 1. The van der Waals surface area contributed by atoms with Crippen LogP contribution < -0.4 is 5.73 Å². The molecule has 1 aromatic carbocycles. The Bertz CT molecular complexity index is 455. The second kappa shape index (κ2) is 6.98. The van der Waals surface area contributed by atoms with Gasteiger partial charge in [0.1, 0.15) is 5.82 Å². The fraction of sp³-hybridized carbons (Fsp3) is 0.600. The molecule has 1 saturated heterocycles. The maximum absolute atomic E-state index is 13.7. The molecular weight excluding hydrogens is 321 g/mol. The molecule has 2 atom stereocenters. The van der Waals surface area contributed by atoms with Crippen molar-refractivity contribution < 1.29 is 4.39 Å². The van der Waals surface area contributed by atoms with Crippen LogP contribution in [0.5, 0.6) is 0 Å². The molecule has 2 N–H and O–H groups in total. The highest BCUT2D eigenvalue weighted by Gasteiger charge is 2.26. The molecule has 0 saturated carbocycles. The highest BCUT2D eigenvalue weighted by molar-refractivity contribution is 9.10. The lowest BCUT2D eigenvalue weighted by Gasteiger charge is -2.40. The lowest BCUT2D eigenvalue weighted by molar-refractivity contribution is 0.101. The summed E-state index contributed by atoms with van der Waals surface area (Å²) in [7, 11) is 4.25. The van der Waals surface area contributed by atoms with Crippen LogP contribution in [-0.4, -0.2) is 49.6 Å². The van der Waals surface area contributed by atoms with E-state index in [0.717, 1.165) is 18.7 Å². The van der Waals surface area contributed by atoms with Crippen LogP contribution in [0, 0.1) is 5.82 Å². The first kappa shape index (κ1) is 15.9. The lowest BCUT2D eigenvalue weighted by Crippen LogP contribution is -2.47. The molecule has 1 fully saturated rings. The van der Waals surface area contributed by atoms with Crippen LogP contribution in [0.15, 0.2) is 22.7 Å². The summed E-state index contributed by atoms with van der Waals surface area (Å²) < 4.78 is 14.2. The van der Waals surface area contributed by atoms with Gasteiger partial charge in [0.25, 0.3) is 0 Å². The first-order valence-corrected chi connectivity index (χ1v) is 7.87. The predicted molar refractivity (Wildman–Crippen MR) is 84.2 cm³/mol. The number of hydrogen-bond acceptors (Lipinski definition) is 3. The van der Waals surface area contributed by atoms with Crippen LogP contribution >= 0.6 is 15.9 Å². The topological polar surface area (TPSA) is 32.5 Å². The molecule has 0 radical (unpaired) electrons. The van der Waals surface area contributed by atoms with E-state index in [2.05, 4.69) is 39.8 Å². The van der Waals surface area contributed by atoms with Crippen molar-refractivity contribution in [2.45, 2.75) is 24.9 Å². The van der Waals surface area contributed by atoms with Gasteiger partial charge in [0.05, 0.1) is 4.47 Å². The van der Waals surface area contributed by atoms with Gasteiger partial charge in [0.15, 0.2) is 0 Å². The largest absolute Gasteiger partial charge is 0.329 e. The monoisotopic (exact) mass is 343 g/mol. The third kappa shape index (κ3) is 3.58. The quantitative estimate of drug-likeness (QED) is 0.911. The molecule has 1 heterocycles. The van der Waals surface area contributed by atoms with Gasteiger partial charge < -0.3 is 10.6 Å². The Balaban J connectivity index is 2.15. The Morgan fingerprint density at radius 1 is 1.55 bits per heavy atom. The number of benzene rings is 1. The molecule has 5 heteroatoms. The minimum Gasteiger partial charge on any atom is -0.329 e. The first-order valence-electron chi connectivity index (χ1n) is 7.08. The molecule has 3 nitrogen and oxygen atoms in total. The third-order valence-corrected chi connectivity index (χ3v) is 4.86. The zero-order chi connectivity index (χ0) is 14.7. The maximum atomic E-state index is 13.7. The molecule has 0 aliphatic carbocycles. The van der Waals surface area contributed by atoms with E-state index in [4.69, 9.17) is 5.73 Å². The third-order valence-electron chi connectivity index (χ3n) is 4.22. The van der Waals surface area contributed by atoms with Crippen molar-refractivity contribution in [3.63, 3.8) is 0 Å². The van der Waals surface area contributed by atoms with E-state index in [0.29, 0.717) is 17.1 Å². The molecule has 112 valence electrons. The summed E-state index contributed by atoms with van der Waals surface area (Å²) in [5.41, 5.74) is 6.89. The van der Waals surface area contributed by atoms with Crippen LogP contribution in [-0.2, 0) is 0 Å². The van der Waals surface area contributed by atoms with E-state index in [1.165, 1.54) is 12.8 Å². The second-order valence-electron chi connectivity index (χ2n) is 5.65. The summed E-state index contributed by atoms with van der Waals surface area (Å²) in [5.74, 6) is -0.227. The Labute approximate surface area is 129 Å². The highest BCUT2D eigenvalue weighted by Crippen LogP contribution is 2.27. The fourth-order valence-corrected chi connectivity index (χ4v) is 3.23. The fourth-order valence-electron chi connectivity index (χ4n) is 2.98. The van der Waals surface area contributed by atoms with Gasteiger partial charge in [-0.3, -0.25) is 4.90 Å². The summed E-state index contributed by atoms with van der Waals surface area (Å²) in [5, 5.41) is 0. The smallest absolute Gasteiger partial charge is 0.137 e. The molecule has 1 aliphatic rings. The number of rotatable bonds is 4. The first-order chi connectivity index (χ1) is 9.52. The number of likely N-dealkylation sites (N-methyl/N-ethyl adjacent to an activating group) is 2. The molecule has 0 aromatic heterocycles. The summed E-state index contributed by atoms with van der Waals surface area (Å²) in [6.07, 6.45) is 2.38. The number of nitrogens with zero attached hydrogens (tertiary/aromatic N) is 2. The van der Waals surface area contributed by atoms with Crippen LogP contribution in [0.2, 0.25) is 0 Å². The number of piperidine rings is 1. The van der Waals surface area contributed by atoms with E-state index >= 15 is 0 Å². The average molecular weight is 344 g/mol. The molecule has 0 bridgehead atoms. The Morgan fingerprint density at radius 2 is 2.30 bits per heavy atom. The SMILES string of the molecule is CN1CCCC(N(C)C(CN)c2ccc(Br)c(F)c2)C1. The zero-order valence-electron chi connectivity index (χ0n) is 12.1. The van der Waals surface area contributed by atoms with Gasteiger partial charge in [-0.25, -0.2) is 4.39 Å². The molecular formula is C15H23BrFN3. The Kier molecular flexibility index (Phi) is 5.55. The van der Waals surface area contributed by atoms with Crippen LogP contribution in [0.3, 0.4) is 0 Å². The summed E-state index contributed by atoms with van der Waals surface area (Å²) >= 11 is 3.20. The minimum atomic E-state index is -0.227. The Hall–Kier alpha value is -0.490. The molecule has 20 heavy (non-hydrogen) atoms. The number of hydrogen-bond donors (Lipinski definition) is 1. The molecule has 1 aromatic rings. The van der Waals surface area contributed by atoms with Gasteiger partial charge in [0.2, 0.25) is 0 Å². The van der Waals surface area contributed by atoms with Gasteiger partial charge in [-0.15, -0.1) is 0 Å². The molecule has 1 aliphatic heterocycles. The standard InChI is InChI=1S/C15H23BrFN3/c1-19-7-3-4-12(10-19)20(2)15(9-18)11-5-6-13(16)14(17)8-11/h5-6,8,12,15H,3-4,7,9-10,18H2,1-2H3. The Morgan fingerprint density at radius 3 is 2.90 bits per heavy atom.